The highest BCUT2D eigenvalue weighted by Crippen LogP contribution is 2.73. The van der Waals surface area contributed by atoms with Crippen LogP contribution >= 0.6 is 0 Å². The molecule has 1 heterocycles. The largest absolute Gasteiger partial charge is 0.366 e. The molecule has 1 nitrogen and oxygen atoms in total. The summed E-state index contributed by atoms with van der Waals surface area (Å²) in [6.45, 7) is 4.88. The van der Waals surface area contributed by atoms with E-state index in [-0.39, 0.29) is 0 Å². The maximum atomic E-state index is 2.64. The Bertz CT molecular complexity index is 784. The van der Waals surface area contributed by atoms with Crippen LogP contribution in [0.1, 0.15) is 32.6 Å². The number of allylic oxidation sites excluding steroid dienone is 1. The van der Waals surface area contributed by atoms with E-state index >= 15 is 0 Å². The van der Waals surface area contributed by atoms with Gasteiger partial charge in [0.15, 0.2) is 0 Å². The third kappa shape index (κ3) is 1.54. The predicted molar refractivity (Wildman–Crippen MR) is 93.3 cm³/mol. The van der Waals surface area contributed by atoms with Gasteiger partial charge >= 0.3 is 0 Å². The van der Waals surface area contributed by atoms with E-state index in [2.05, 4.69) is 60.4 Å². The quantitative estimate of drug-likeness (QED) is 0.655. The molecule has 3 aliphatic rings. The van der Waals surface area contributed by atoms with Crippen molar-refractivity contribution in [3.8, 4) is 0 Å². The van der Waals surface area contributed by atoms with Crippen molar-refractivity contribution in [2.24, 2.45) is 10.8 Å². The number of benzene rings is 2. The summed E-state index contributed by atoms with van der Waals surface area (Å²) in [4.78, 5) is 2.64. The van der Waals surface area contributed by atoms with Crippen LogP contribution in [-0.4, -0.2) is 13.1 Å². The lowest BCUT2D eigenvalue weighted by Crippen LogP contribution is -2.42. The van der Waals surface area contributed by atoms with Crippen LogP contribution in [0.4, 0.5) is 5.69 Å². The smallest absolute Gasteiger partial charge is 0.0449 e. The van der Waals surface area contributed by atoms with Crippen molar-refractivity contribution in [2.75, 3.05) is 18.0 Å². The first-order chi connectivity index (χ1) is 10.7. The molecule has 0 amide bonds. The van der Waals surface area contributed by atoms with Crippen molar-refractivity contribution in [3.05, 3.63) is 54.1 Å². The molecule has 0 aromatic heterocycles. The number of fused-ring (bicyclic) bond motifs is 1. The summed E-state index contributed by atoms with van der Waals surface area (Å²) in [5, 5.41) is 2.76. The minimum atomic E-state index is 0.508. The Hall–Kier alpha value is -1.76. The van der Waals surface area contributed by atoms with Gasteiger partial charge in [0, 0.05) is 29.6 Å². The average Bonchev–Trinajstić information content (AvgIpc) is 3.16. The number of piperidine rings is 1. The molecule has 0 N–H and O–H groups in total. The van der Waals surface area contributed by atoms with Gasteiger partial charge in [0.2, 0.25) is 0 Å². The van der Waals surface area contributed by atoms with Crippen molar-refractivity contribution in [1.82, 2.24) is 0 Å². The number of hydrogen-bond acceptors (Lipinski definition) is 1. The summed E-state index contributed by atoms with van der Waals surface area (Å²) in [5.74, 6) is 0. The minimum absolute atomic E-state index is 0.508. The maximum Gasteiger partial charge on any atom is 0.0449 e. The van der Waals surface area contributed by atoms with Crippen molar-refractivity contribution in [3.63, 3.8) is 0 Å². The van der Waals surface area contributed by atoms with Crippen molar-refractivity contribution in [1.29, 1.82) is 0 Å². The molecule has 2 atom stereocenters. The van der Waals surface area contributed by atoms with E-state index in [1.165, 1.54) is 48.7 Å². The molecule has 0 unspecified atom stereocenters. The Morgan fingerprint density at radius 3 is 2.86 bits per heavy atom. The van der Waals surface area contributed by atoms with Gasteiger partial charge in [0.1, 0.15) is 0 Å². The summed E-state index contributed by atoms with van der Waals surface area (Å²) in [5.41, 5.74) is 4.24. The number of nitrogens with zero attached hydrogens (tertiary/aromatic N) is 1. The van der Waals surface area contributed by atoms with Gasteiger partial charge < -0.3 is 4.90 Å². The third-order valence-corrected chi connectivity index (χ3v) is 6.54. The lowest BCUT2D eigenvalue weighted by Gasteiger charge is -2.42. The van der Waals surface area contributed by atoms with Gasteiger partial charge in [-0.2, -0.15) is 0 Å². The number of anilines is 1. The normalized spacial score (nSPS) is 33.1. The minimum Gasteiger partial charge on any atom is -0.366 e. The molecule has 112 valence electrons. The van der Waals surface area contributed by atoms with Crippen LogP contribution in [0.5, 0.6) is 0 Å². The lowest BCUT2D eigenvalue weighted by atomic mass is 9.75. The zero-order valence-corrected chi connectivity index (χ0v) is 13.3. The Balaban J connectivity index is 1.60. The second kappa shape index (κ2) is 4.16. The van der Waals surface area contributed by atoms with Crippen molar-refractivity contribution < 1.29 is 0 Å². The SMILES string of the molecule is C[C@@]12CN(c3cccc4ccccc34)CC3=CCCC[C@]31C2. The van der Waals surface area contributed by atoms with Gasteiger partial charge in [-0.25, -0.2) is 0 Å². The fourth-order valence-electron chi connectivity index (χ4n) is 5.31. The van der Waals surface area contributed by atoms with Gasteiger partial charge in [-0.3, -0.25) is 0 Å². The van der Waals surface area contributed by atoms with Crippen LogP contribution in [0.3, 0.4) is 0 Å². The van der Waals surface area contributed by atoms with Crippen LogP contribution in [0.2, 0.25) is 0 Å². The van der Waals surface area contributed by atoms with Crippen LogP contribution in [0.25, 0.3) is 10.8 Å². The van der Waals surface area contributed by atoms with Gasteiger partial charge in [-0.15, -0.1) is 0 Å². The highest BCUT2D eigenvalue weighted by Gasteiger charge is 2.68. The first-order valence-electron chi connectivity index (χ1n) is 8.64. The molecule has 1 aliphatic heterocycles. The molecule has 2 fully saturated rings. The second-order valence-electron chi connectivity index (χ2n) is 7.80. The molecule has 1 spiro atoms. The fraction of sp³-hybridized carbons (Fsp3) is 0.429. The average molecular weight is 289 g/mol. The van der Waals surface area contributed by atoms with Crippen molar-refractivity contribution >= 4 is 16.5 Å². The highest BCUT2D eigenvalue weighted by atomic mass is 15.2. The monoisotopic (exact) mass is 289 g/mol. The molecule has 1 saturated heterocycles. The van der Waals surface area contributed by atoms with E-state index < -0.39 is 0 Å². The van der Waals surface area contributed by atoms with E-state index in [9.17, 15) is 0 Å². The van der Waals surface area contributed by atoms with E-state index in [1.54, 1.807) is 5.57 Å². The molecule has 2 aromatic rings. The molecule has 2 aromatic carbocycles. The third-order valence-electron chi connectivity index (χ3n) is 6.54. The second-order valence-corrected chi connectivity index (χ2v) is 7.80. The first kappa shape index (κ1) is 12.8. The molecule has 1 saturated carbocycles. The van der Waals surface area contributed by atoms with Crippen LogP contribution < -0.4 is 4.90 Å². The highest BCUT2D eigenvalue weighted by molar-refractivity contribution is 5.94. The Morgan fingerprint density at radius 2 is 1.91 bits per heavy atom. The molecule has 0 bridgehead atoms. The number of hydrogen-bond donors (Lipinski definition) is 0. The van der Waals surface area contributed by atoms with Crippen LogP contribution in [0, 0.1) is 10.8 Å². The van der Waals surface area contributed by atoms with E-state index in [0.29, 0.717) is 10.8 Å². The molecule has 1 heteroatoms. The first-order valence-corrected chi connectivity index (χ1v) is 8.64. The zero-order valence-electron chi connectivity index (χ0n) is 13.3. The molecule has 2 aliphatic carbocycles. The van der Waals surface area contributed by atoms with Crippen molar-refractivity contribution in [2.45, 2.75) is 32.6 Å². The molecular weight excluding hydrogens is 266 g/mol. The van der Waals surface area contributed by atoms with E-state index in [1.807, 2.05) is 0 Å². The fourth-order valence-corrected chi connectivity index (χ4v) is 5.31. The Morgan fingerprint density at radius 1 is 1.05 bits per heavy atom. The van der Waals surface area contributed by atoms with Gasteiger partial charge in [-0.1, -0.05) is 49.4 Å². The number of rotatable bonds is 1. The van der Waals surface area contributed by atoms with Crippen LogP contribution in [-0.2, 0) is 0 Å². The predicted octanol–water partition coefficient (Wildman–Crippen LogP) is 5.17. The molecule has 5 rings (SSSR count). The zero-order chi connectivity index (χ0) is 14.8. The summed E-state index contributed by atoms with van der Waals surface area (Å²) in [6.07, 6.45) is 8.09. The van der Waals surface area contributed by atoms with E-state index in [0.717, 1.165) is 6.54 Å². The molecule has 0 radical (unpaired) electrons. The molecular formula is C21H23N. The standard InChI is InChI=1S/C21H23N/c1-20-14-21(20)12-5-4-9-17(21)13-22(15-20)19-11-6-8-16-7-2-3-10-18(16)19/h2-3,6-11H,4-5,12-15H2,1H3/t20-,21+/m1/s1. The Labute approximate surface area is 132 Å². The van der Waals surface area contributed by atoms with Crippen LogP contribution in [0.15, 0.2) is 54.1 Å². The lowest BCUT2D eigenvalue weighted by molar-refractivity contribution is 0.332. The molecule has 22 heavy (non-hydrogen) atoms. The van der Waals surface area contributed by atoms with Gasteiger partial charge in [-0.05, 0) is 48.1 Å². The summed E-state index contributed by atoms with van der Waals surface area (Å²) in [7, 11) is 0. The summed E-state index contributed by atoms with van der Waals surface area (Å²) >= 11 is 0. The van der Waals surface area contributed by atoms with E-state index in [4.69, 9.17) is 0 Å². The van der Waals surface area contributed by atoms with Gasteiger partial charge in [0.25, 0.3) is 0 Å². The summed E-state index contributed by atoms with van der Waals surface area (Å²) < 4.78 is 0. The maximum absolute atomic E-state index is 2.64. The Kier molecular flexibility index (Phi) is 2.41. The topological polar surface area (TPSA) is 3.24 Å². The summed E-state index contributed by atoms with van der Waals surface area (Å²) in [6, 6.07) is 15.6. The van der Waals surface area contributed by atoms with Gasteiger partial charge in [0.05, 0.1) is 0 Å².